The molecule has 1 saturated heterocycles. The van der Waals surface area contributed by atoms with Gasteiger partial charge in [0.25, 0.3) is 0 Å². The Morgan fingerprint density at radius 3 is 1.47 bits per heavy atom. The minimum absolute atomic E-state index is 0.677. The van der Waals surface area contributed by atoms with Gasteiger partial charge in [-0.05, 0) is 46.7 Å². The lowest BCUT2D eigenvalue weighted by atomic mass is 10.4. The SMILES string of the molecule is C1CCNC1.CCO[SiH](OCC)OCC. The van der Waals surface area contributed by atoms with Gasteiger partial charge in [0.15, 0.2) is 0 Å². The largest absolute Gasteiger partial charge is 0.484 e. The lowest BCUT2D eigenvalue weighted by Gasteiger charge is -2.12. The Morgan fingerprint density at radius 2 is 1.27 bits per heavy atom. The minimum atomic E-state index is -1.73. The van der Waals surface area contributed by atoms with Gasteiger partial charge in [0, 0.05) is 19.8 Å². The van der Waals surface area contributed by atoms with Crippen molar-refractivity contribution in [2.75, 3.05) is 32.9 Å². The molecule has 0 aromatic rings. The Bertz CT molecular complexity index is 101. The van der Waals surface area contributed by atoms with E-state index in [0.29, 0.717) is 19.8 Å². The van der Waals surface area contributed by atoms with Gasteiger partial charge in [-0.25, -0.2) is 0 Å². The summed E-state index contributed by atoms with van der Waals surface area (Å²) in [5.74, 6) is 0. The fourth-order valence-electron chi connectivity index (χ4n) is 1.18. The van der Waals surface area contributed by atoms with E-state index >= 15 is 0 Å². The molecule has 1 rings (SSSR count). The third kappa shape index (κ3) is 10.3. The molecule has 0 spiro atoms. The van der Waals surface area contributed by atoms with Crippen molar-refractivity contribution in [3.63, 3.8) is 0 Å². The number of hydrogen-bond donors (Lipinski definition) is 1. The summed E-state index contributed by atoms with van der Waals surface area (Å²) < 4.78 is 15.7. The highest BCUT2D eigenvalue weighted by molar-refractivity contribution is 6.36. The predicted octanol–water partition coefficient (Wildman–Crippen LogP) is 1.18. The normalized spacial score (nSPS) is 15.2. The van der Waals surface area contributed by atoms with Crippen molar-refractivity contribution >= 4 is 9.53 Å². The van der Waals surface area contributed by atoms with Crippen LogP contribution in [0.1, 0.15) is 33.6 Å². The summed E-state index contributed by atoms with van der Waals surface area (Å²) in [6.45, 7) is 10.4. The zero-order chi connectivity index (χ0) is 11.4. The summed E-state index contributed by atoms with van der Waals surface area (Å²) in [7, 11) is -1.73. The van der Waals surface area contributed by atoms with Crippen molar-refractivity contribution in [1.82, 2.24) is 5.32 Å². The molecule has 4 nitrogen and oxygen atoms in total. The van der Waals surface area contributed by atoms with Crippen molar-refractivity contribution in [1.29, 1.82) is 0 Å². The van der Waals surface area contributed by atoms with E-state index in [9.17, 15) is 0 Å². The second kappa shape index (κ2) is 12.1. The summed E-state index contributed by atoms with van der Waals surface area (Å²) >= 11 is 0. The number of rotatable bonds is 6. The van der Waals surface area contributed by atoms with Gasteiger partial charge in [0.05, 0.1) is 0 Å². The Hall–Kier alpha value is 0.0569. The number of hydrogen-bond acceptors (Lipinski definition) is 4. The van der Waals surface area contributed by atoms with Crippen LogP contribution >= 0.6 is 0 Å². The highest BCUT2D eigenvalue weighted by Crippen LogP contribution is 1.91. The van der Waals surface area contributed by atoms with Gasteiger partial charge in [-0.2, -0.15) is 0 Å². The standard InChI is InChI=1S/C6H16O3Si.C4H9N/c1-4-7-10(8-5-2)9-6-3;1-2-4-5-3-1/h10H,4-6H2,1-3H3;5H,1-4H2. The van der Waals surface area contributed by atoms with E-state index in [1.165, 1.54) is 25.9 Å². The summed E-state index contributed by atoms with van der Waals surface area (Å²) in [5.41, 5.74) is 0. The molecule has 1 aliphatic heterocycles. The molecule has 0 amide bonds. The molecular formula is C10H25NO3Si. The molecule has 0 unspecified atom stereocenters. The lowest BCUT2D eigenvalue weighted by Crippen LogP contribution is -2.27. The van der Waals surface area contributed by atoms with Crippen LogP contribution in [-0.2, 0) is 13.3 Å². The summed E-state index contributed by atoms with van der Waals surface area (Å²) in [4.78, 5) is 0. The van der Waals surface area contributed by atoms with Gasteiger partial charge in [0.2, 0.25) is 0 Å². The zero-order valence-electron chi connectivity index (χ0n) is 10.3. The van der Waals surface area contributed by atoms with Crippen LogP contribution in [0.4, 0.5) is 0 Å². The average Bonchev–Trinajstić information content (AvgIpc) is 2.77. The Kier molecular flexibility index (Phi) is 12.2. The summed E-state index contributed by atoms with van der Waals surface area (Å²) in [6, 6.07) is 0. The van der Waals surface area contributed by atoms with Gasteiger partial charge in [0.1, 0.15) is 0 Å². The van der Waals surface area contributed by atoms with Crippen LogP contribution in [0.2, 0.25) is 0 Å². The smallest absolute Gasteiger partial charge is 0.376 e. The van der Waals surface area contributed by atoms with Crippen LogP contribution in [0.15, 0.2) is 0 Å². The molecule has 0 atom stereocenters. The fourth-order valence-corrected chi connectivity index (χ4v) is 2.28. The van der Waals surface area contributed by atoms with E-state index in [1.54, 1.807) is 0 Å². The molecule has 0 saturated carbocycles. The van der Waals surface area contributed by atoms with Crippen LogP contribution in [0, 0.1) is 0 Å². The van der Waals surface area contributed by atoms with Gasteiger partial charge in [-0.3, -0.25) is 0 Å². The van der Waals surface area contributed by atoms with E-state index in [-0.39, 0.29) is 0 Å². The Labute approximate surface area is 95.3 Å². The van der Waals surface area contributed by atoms with Crippen molar-refractivity contribution < 1.29 is 13.3 Å². The van der Waals surface area contributed by atoms with E-state index < -0.39 is 9.53 Å². The summed E-state index contributed by atoms with van der Waals surface area (Å²) in [5, 5.41) is 3.22. The van der Waals surface area contributed by atoms with Crippen LogP contribution < -0.4 is 5.32 Å². The molecule has 0 aliphatic carbocycles. The maximum Gasteiger partial charge on any atom is 0.484 e. The maximum atomic E-state index is 5.22. The highest BCUT2D eigenvalue weighted by Gasteiger charge is 2.11. The third-order valence-electron chi connectivity index (χ3n) is 1.87. The highest BCUT2D eigenvalue weighted by atomic mass is 28.3. The van der Waals surface area contributed by atoms with E-state index in [1.807, 2.05) is 20.8 Å². The molecule has 0 aromatic carbocycles. The van der Waals surface area contributed by atoms with Gasteiger partial charge in [-0.15, -0.1) is 0 Å². The minimum Gasteiger partial charge on any atom is -0.376 e. The molecule has 0 bridgehead atoms. The van der Waals surface area contributed by atoms with E-state index in [4.69, 9.17) is 13.3 Å². The van der Waals surface area contributed by atoms with E-state index in [2.05, 4.69) is 5.32 Å². The zero-order valence-corrected chi connectivity index (χ0v) is 11.4. The third-order valence-corrected chi connectivity index (χ3v) is 3.68. The molecule has 92 valence electrons. The van der Waals surface area contributed by atoms with Crippen LogP contribution in [-0.4, -0.2) is 42.4 Å². The monoisotopic (exact) mass is 235 g/mol. The van der Waals surface area contributed by atoms with Gasteiger partial charge < -0.3 is 18.6 Å². The molecule has 1 fully saturated rings. The molecule has 0 aromatic heterocycles. The topological polar surface area (TPSA) is 39.7 Å². The number of nitrogens with one attached hydrogen (secondary N) is 1. The predicted molar refractivity (Wildman–Crippen MR) is 64.1 cm³/mol. The maximum absolute atomic E-state index is 5.22. The van der Waals surface area contributed by atoms with Crippen molar-refractivity contribution in [2.24, 2.45) is 0 Å². The van der Waals surface area contributed by atoms with Crippen molar-refractivity contribution in [3.05, 3.63) is 0 Å². The Morgan fingerprint density at radius 1 is 0.867 bits per heavy atom. The second-order valence-corrected chi connectivity index (χ2v) is 4.69. The molecule has 5 heteroatoms. The Balaban J connectivity index is 0.000000322. The fraction of sp³-hybridized carbons (Fsp3) is 1.00. The molecular weight excluding hydrogens is 210 g/mol. The van der Waals surface area contributed by atoms with Crippen LogP contribution in [0.3, 0.4) is 0 Å². The van der Waals surface area contributed by atoms with Crippen molar-refractivity contribution in [2.45, 2.75) is 33.6 Å². The molecule has 1 N–H and O–H groups in total. The van der Waals surface area contributed by atoms with Crippen LogP contribution in [0.25, 0.3) is 0 Å². The first-order chi connectivity index (χ1) is 7.35. The quantitative estimate of drug-likeness (QED) is 0.702. The van der Waals surface area contributed by atoms with E-state index in [0.717, 1.165) is 0 Å². The first-order valence-corrected chi connectivity index (χ1v) is 7.32. The average molecular weight is 235 g/mol. The van der Waals surface area contributed by atoms with Gasteiger partial charge in [-0.1, -0.05) is 0 Å². The summed E-state index contributed by atoms with van der Waals surface area (Å²) in [6.07, 6.45) is 2.78. The van der Waals surface area contributed by atoms with Gasteiger partial charge >= 0.3 is 9.53 Å². The second-order valence-electron chi connectivity index (χ2n) is 3.11. The van der Waals surface area contributed by atoms with Crippen LogP contribution in [0.5, 0.6) is 0 Å². The molecule has 1 aliphatic rings. The molecule has 1 heterocycles. The first-order valence-electron chi connectivity index (χ1n) is 5.90. The first kappa shape index (κ1) is 15.1. The molecule has 0 radical (unpaired) electrons. The molecule has 15 heavy (non-hydrogen) atoms. The lowest BCUT2D eigenvalue weighted by molar-refractivity contribution is 0.107. The van der Waals surface area contributed by atoms with Crippen molar-refractivity contribution in [3.8, 4) is 0 Å².